The van der Waals surface area contributed by atoms with E-state index in [9.17, 15) is 0 Å². The number of hydrogen-bond donors (Lipinski definition) is 1. The van der Waals surface area contributed by atoms with Gasteiger partial charge in [-0.2, -0.15) is 5.10 Å². The number of nitrogens with zero attached hydrogens (tertiary/aromatic N) is 2. The fourth-order valence-electron chi connectivity index (χ4n) is 3.11. The van der Waals surface area contributed by atoms with Gasteiger partial charge in [0.2, 0.25) is 0 Å². The standard InChI is InChI=1S/C20H23N3O2S/c1-23-14-16(13-21-8-7-17-4-2-11-26-17)20(22-23)15-5-6-18-19(12-15)25-10-3-9-24-18/h2,4-6,11-12,14,21H,3,7-10,13H2,1H3. The van der Waals surface area contributed by atoms with Crippen molar-refractivity contribution in [3.63, 3.8) is 0 Å². The molecular weight excluding hydrogens is 346 g/mol. The van der Waals surface area contributed by atoms with Crippen LogP contribution in [0, 0.1) is 0 Å². The normalized spacial score (nSPS) is 13.6. The highest BCUT2D eigenvalue weighted by Gasteiger charge is 2.15. The van der Waals surface area contributed by atoms with Crippen LogP contribution in [0.4, 0.5) is 0 Å². The molecule has 6 heteroatoms. The Morgan fingerprint density at radius 3 is 2.92 bits per heavy atom. The lowest BCUT2D eigenvalue weighted by Gasteiger charge is -2.09. The van der Waals surface area contributed by atoms with Crippen LogP contribution < -0.4 is 14.8 Å². The molecule has 0 radical (unpaired) electrons. The molecule has 4 rings (SSSR count). The molecule has 3 heterocycles. The molecule has 1 aliphatic rings. The minimum atomic E-state index is 0.690. The van der Waals surface area contributed by atoms with Crippen LogP contribution in [0.1, 0.15) is 16.9 Å². The van der Waals surface area contributed by atoms with Crippen molar-refractivity contribution in [1.82, 2.24) is 15.1 Å². The second-order valence-corrected chi connectivity index (χ2v) is 7.43. The largest absolute Gasteiger partial charge is 0.490 e. The number of ether oxygens (including phenoxy) is 2. The van der Waals surface area contributed by atoms with Gasteiger partial charge in [0.15, 0.2) is 11.5 Å². The van der Waals surface area contributed by atoms with Gasteiger partial charge in [0.1, 0.15) is 0 Å². The predicted octanol–water partition coefficient (Wildman–Crippen LogP) is 3.64. The summed E-state index contributed by atoms with van der Waals surface area (Å²) in [4.78, 5) is 1.41. The molecule has 0 fully saturated rings. The van der Waals surface area contributed by atoms with Crippen LogP contribution in [-0.2, 0) is 20.0 Å². The average molecular weight is 369 g/mol. The fraction of sp³-hybridized carbons (Fsp3) is 0.350. The highest BCUT2D eigenvalue weighted by atomic mass is 32.1. The summed E-state index contributed by atoms with van der Waals surface area (Å²) < 4.78 is 13.4. The van der Waals surface area contributed by atoms with Crippen LogP contribution in [0.15, 0.2) is 41.9 Å². The lowest BCUT2D eigenvalue weighted by Crippen LogP contribution is -2.16. The first kappa shape index (κ1) is 17.1. The fourth-order valence-corrected chi connectivity index (χ4v) is 3.82. The topological polar surface area (TPSA) is 48.3 Å². The van der Waals surface area contributed by atoms with Gasteiger partial charge in [-0.1, -0.05) is 6.07 Å². The molecule has 0 unspecified atom stereocenters. The summed E-state index contributed by atoms with van der Waals surface area (Å²) in [6.45, 7) is 3.14. The molecule has 26 heavy (non-hydrogen) atoms. The zero-order valence-corrected chi connectivity index (χ0v) is 15.7. The van der Waals surface area contributed by atoms with Crippen molar-refractivity contribution in [3.8, 4) is 22.8 Å². The third-order valence-corrected chi connectivity index (χ3v) is 5.31. The summed E-state index contributed by atoms with van der Waals surface area (Å²) in [6.07, 6.45) is 4.04. The molecule has 5 nitrogen and oxygen atoms in total. The first-order valence-electron chi connectivity index (χ1n) is 8.95. The van der Waals surface area contributed by atoms with Crippen molar-refractivity contribution < 1.29 is 9.47 Å². The van der Waals surface area contributed by atoms with E-state index in [1.807, 2.05) is 23.9 Å². The summed E-state index contributed by atoms with van der Waals surface area (Å²) in [6, 6.07) is 10.4. The molecule has 1 N–H and O–H groups in total. The van der Waals surface area contributed by atoms with E-state index in [2.05, 4.69) is 40.2 Å². The molecule has 2 aromatic heterocycles. The van der Waals surface area contributed by atoms with Gasteiger partial charge in [-0.3, -0.25) is 4.68 Å². The summed E-state index contributed by atoms with van der Waals surface area (Å²) in [5.74, 6) is 1.63. The predicted molar refractivity (Wildman–Crippen MR) is 104 cm³/mol. The number of nitrogens with one attached hydrogen (secondary N) is 1. The van der Waals surface area contributed by atoms with Crippen molar-refractivity contribution >= 4 is 11.3 Å². The number of rotatable bonds is 6. The number of hydrogen-bond acceptors (Lipinski definition) is 5. The summed E-state index contributed by atoms with van der Waals surface area (Å²) in [5, 5.41) is 10.3. The van der Waals surface area contributed by atoms with E-state index >= 15 is 0 Å². The Morgan fingerprint density at radius 1 is 1.19 bits per heavy atom. The Hall–Kier alpha value is -2.31. The van der Waals surface area contributed by atoms with E-state index in [1.165, 1.54) is 10.4 Å². The number of thiophene rings is 1. The Balaban J connectivity index is 1.47. The molecular formula is C20H23N3O2S. The van der Waals surface area contributed by atoms with Crippen LogP contribution in [0.25, 0.3) is 11.3 Å². The average Bonchev–Trinajstić information content (AvgIpc) is 3.22. The minimum Gasteiger partial charge on any atom is -0.490 e. The van der Waals surface area contributed by atoms with Crippen LogP contribution in [-0.4, -0.2) is 29.5 Å². The van der Waals surface area contributed by atoms with Gasteiger partial charge in [-0.05, 0) is 36.1 Å². The Kier molecular flexibility index (Phi) is 5.22. The number of aryl methyl sites for hydroxylation is 1. The van der Waals surface area contributed by atoms with Crippen molar-refractivity contribution in [2.75, 3.05) is 19.8 Å². The zero-order chi connectivity index (χ0) is 17.8. The van der Waals surface area contributed by atoms with Crippen molar-refractivity contribution in [2.24, 2.45) is 7.05 Å². The van der Waals surface area contributed by atoms with Gasteiger partial charge in [0.05, 0.1) is 18.9 Å². The first-order chi connectivity index (χ1) is 12.8. The smallest absolute Gasteiger partial charge is 0.161 e. The summed E-state index contributed by atoms with van der Waals surface area (Å²) in [7, 11) is 1.96. The second kappa shape index (κ2) is 7.93. The van der Waals surface area contributed by atoms with Crippen LogP contribution >= 0.6 is 11.3 Å². The SMILES string of the molecule is Cn1cc(CNCCc2cccs2)c(-c2ccc3c(c2)OCCCO3)n1. The highest BCUT2D eigenvalue weighted by molar-refractivity contribution is 7.09. The Labute approximate surface area is 157 Å². The van der Waals surface area contributed by atoms with Crippen LogP contribution in [0.2, 0.25) is 0 Å². The van der Waals surface area contributed by atoms with Crippen molar-refractivity contribution in [2.45, 2.75) is 19.4 Å². The summed E-state index contributed by atoms with van der Waals surface area (Å²) >= 11 is 1.81. The molecule has 0 saturated heterocycles. The van der Waals surface area contributed by atoms with E-state index in [0.29, 0.717) is 13.2 Å². The number of aromatic nitrogens is 2. The zero-order valence-electron chi connectivity index (χ0n) is 14.9. The Morgan fingerprint density at radius 2 is 2.08 bits per heavy atom. The van der Waals surface area contributed by atoms with E-state index in [4.69, 9.17) is 9.47 Å². The summed E-state index contributed by atoms with van der Waals surface area (Å²) in [5.41, 5.74) is 3.24. The maximum Gasteiger partial charge on any atom is 0.161 e. The molecule has 0 amide bonds. The molecule has 136 valence electrons. The molecule has 0 bridgehead atoms. The highest BCUT2D eigenvalue weighted by Crippen LogP contribution is 2.34. The quantitative estimate of drug-likeness (QED) is 0.674. The lowest BCUT2D eigenvalue weighted by molar-refractivity contribution is 0.297. The lowest BCUT2D eigenvalue weighted by atomic mass is 10.1. The van der Waals surface area contributed by atoms with Gasteiger partial charge in [-0.15, -0.1) is 11.3 Å². The van der Waals surface area contributed by atoms with Crippen molar-refractivity contribution in [3.05, 3.63) is 52.3 Å². The minimum absolute atomic E-state index is 0.690. The van der Waals surface area contributed by atoms with Crippen LogP contribution in [0.3, 0.4) is 0 Å². The molecule has 0 aliphatic carbocycles. The number of benzene rings is 1. The molecule has 1 aliphatic heterocycles. The van der Waals surface area contributed by atoms with Gasteiger partial charge in [0, 0.05) is 48.8 Å². The maximum absolute atomic E-state index is 5.82. The molecule has 1 aromatic carbocycles. The number of fused-ring (bicyclic) bond motifs is 1. The van der Waals surface area contributed by atoms with E-state index in [0.717, 1.165) is 48.7 Å². The van der Waals surface area contributed by atoms with Gasteiger partial charge in [-0.25, -0.2) is 0 Å². The molecule has 0 atom stereocenters. The van der Waals surface area contributed by atoms with Gasteiger partial charge in [0.25, 0.3) is 0 Å². The van der Waals surface area contributed by atoms with E-state index < -0.39 is 0 Å². The van der Waals surface area contributed by atoms with Crippen LogP contribution in [0.5, 0.6) is 11.5 Å². The molecule has 0 spiro atoms. The molecule has 0 saturated carbocycles. The monoisotopic (exact) mass is 369 g/mol. The van der Waals surface area contributed by atoms with E-state index in [1.54, 1.807) is 11.3 Å². The first-order valence-corrected chi connectivity index (χ1v) is 9.83. The second-order valence-electron chi connectivity index (χ2n) is 6.39. The van der Waals surface area contributed by atoms with Gasteiger partial charge < -0.3 is 14.8 Å². The molecule has 3 aromatic rings. The maximum atomic E-state index is 5.82. The van der Waals surface area contributed by atoms with E-state index in [-0.39, 0.29) is 0 Å². The third kappa shape index (κ3) is 3.92. The Bertz CT molecular complexity index is 858. The van der Waals surface area contributed by atoms with Gasteiger partial charge >= 0.3 is 0 Å². The van der Waals surface area contributed by atoms with Crippen molar-refractivity contribution in [1.29, 1.82) is 0 Å². The third-order valence-electron chi connectivity index (χ3n) is 4.37.